The monoisotopic (exact) mass is 434 g/mol. The van der Waals surface area contributed by atoms with Gasteiger partial charge in [0.25, 0.3) is 5.91 Å². The first-order chi connectivity index (χ1) is 13.7. The van der Waals surface area contributed by atoms with Gasteiger partial charge in [0, 0.05) is 28.4 Å². The zero-order chi connectivity index (χ0) is 21.1. The SMILES string of the molecule is CC(=O)Nc1ccc(NC(=O)C(C)OC(=O)c2sc3cc(F)ccc3c2Cl)cc1. The summed E-state index contributed by atoms with van der Waals surface area (Å²) < 4.78 is 19.1. The molecule has 1 unspecified atom stereocenters. The van der Waals surface area contributed by atoms with Gasteiger partial charge in [0.1, 0.15) is 10.7 Å². The fraction of sp³-hybridized carbons (Fsp3) is 0.150. The Morgan fingerprint density at radius 1 is 1.07 bits per heavy atom. The second-order valence-electron chi connectivity index (χ2n) is 6.18. The zero-order valence-electron chi connectivity index (χ0n) is 15.4. The van der Waals surface area contributed by atoms with Crippen LogP contribution in [0.4, 0.5) is 15.8 Å². The highest BCUT2D eigenvalue weighted by molar-refractivity contribution is 7.21. The summed E-state index contributed by atoms with van der Waals surface area (Å²) in [5.41, 5.74) is 1.06. The summed E-state index contributed by atoms with van der Waals surface area (Å²) in [7, 11) is 0. The van der Waals surface area contributed by atoms with E-state index in [1.165, 1.54) is 32.0 Å². The topological polar surface area (TPSA) is 84.5 Å². The number of carbonyl (C=O) groups is 3. The number of esters is 1. The average Bonchev–Trinajstić information content (AvgIpc) is 2.98. The lowest BCUT2D eigenvalue weighted by atomic mass is 10.2. The third kappa shape index (κ3) is 4.90. The van der Waals surface area contributed by atoms with Crippen molar-refractivity contribution in [2.24, 2.45) is 0 Å². The number of benzene rings is 2. The molecule has 0 bridgehead atoms. The molecule has 9 heteroatoms. The average molecular weight is 435 g/mol. The number of ether oxygens (including phenoxy) is 1. The highest BCUT2D eigenvalue weighted by Gasteiger charge is 2.24. The van der Waals surface area contributed by atoms with Gasteiger partial charge in [-0.05, 0) is 49.4 Å². The Morgan fingerprint density at radius 3 is 2.31 bits per heavy atom. The van der Waals surface area contributed by atoms with Crippen LogP contribution in [-0.2, 0) is 14.3 Å². The zero-order valence-corrected chi connectivity index (χ0v) is 17.0. The molecule has 2 aromatic carbocycles. The molecule has 2 N–H and O–H groups in total. The molecule has 3 rings (SSSR count). The number of thiophene rings is 1. The third-order valence-corrected chi connectivity index (χ3v) is 5.54. The first kappa shape index (κ1) is 20.8. The van der Waals surface area contributed by atoms with Gasteiger partial charge in [-0.3, -0.25) is 9.59 Å². The standard InChI is InChI=1S/C20H16ClFN2O4S/c1-10(19(26)24-14-6-4-13(5-7-14)23-11(2)25)28-20(27)18-17(21)15-8-3-12(22)9-16(15)29-18/h3-10H,1-2H3,(H,23,25)(H,24,26). The van der Waals surface area contributed by atoms with Crippen LogP contribution in [0.3, 0.4) is 0 Å². The minimum atomic E-state index is -1.09. The van der Waals surface area contributed by atoms with E-state index in [-0.39, 0.29) is 15.8 Å². The number of carbonyl (C=O) groups excluding carboxylic acids is 3. The quantitative estimate of drug-likeness (QED) is 0.563. The molecular weight excluding hydrogens is 419 g/mol. The van der Waals surface area contributed by atoms with Crippen LogP contribution in [-0.4, -0.2) is 23.9 Å². The molecule has 1 atom stereocenters. The van der Waals surface area contributed by atoms with Crippen molar-refractivity contribution in [1.29, 1.82) is 0 Å². The molecule has 0 fully saturated rings. The number of nitrogens with one attached hydrogen (secondary N) is 2. The summed E-state index contributed by atoms with van der Waals surface area (Å²) in [6, 6.07) is 10.5. The Kier molecular flexibility index (Phi) is 6.14. The van der Waals surface area contributed by atoms with Crippen LogP contribution in [0, 0.1) is 5.82 Å². The second-order valence-corrected chi connectivity index (χ2v) is 7.61. The maximum absolute atomic E-state index is 13.4. The van der Waals surface area contributed by atoms with Crippen molar-refractivity contribution in [2.45, 2.75) is 20.0 Å². The van der Waals surface area contributed by atoms with Crippen molar-refractivity contribution in [3.63, 3.8) is 0 Å². The Balaban J connectivity index is 1.65. The molecule has 29 heavy (non-hydrogen) atoms. The van der Waals surface area contributed by atoms with Crippen LogP contribution in [0.1, 0.15) is 23.5 Å². The molecule has 0 radical (unpaired) electrons. The summed E-state index contributed by atoms with van der Waals surface area (Å²) in [6.07, 6.45) is -1.09. The van der Waals surface area contributed by atoms with Gasteiger partial charge in [-0.1, -0.05) is 11.6 Å². The van der Waals surface area contributed by atoms with E-state index in [2.05, 4.69) is 10.6 Å². The molecule has 3 aromatic rings. The maximum Gasteiger partial charge on any atom is 0.350 e. The Labute approximate surface area is 174 Å². The number of hydrogen-bond donors (Lipinski definition) is 2. The second kappa shape index (κ2) is 8.59. The molecule has 0 aliphatic heterocycles. The maximum atomic E-state index is 13.4. The molecule has 0 aliphatic carbocycles. The van der Waals surface area contributed by atoms with Crippen LogP contribution in [0.25, 0.3) is 10.1 Å². The number of halogens is 2. The number of fused-ring (bicyclic) bond motifs is 1. The molecule has 2 amide bonds. The lowest BCUT2D eigenvalue weighted by Gasteiger charge is -2.13. The van der Waals surface area contributed by atoms with E-state index in [4.69, 9.17) is 16.3 Å². The van der Waals surface area contributed by atoms with E-state index in [9.17, 15) is 18.8 Å². The lowest BCUT2D eigenvalue weighted by molar-refractivity contribution is -0.123. The highest BCUT2D eigenvalue weighted by atomic mass is 35.5. The summed E-state index contributed by atoms with van der Waals surface area (Å²) in [5, 5.41) is 5.94. The largest absolute Gasteiger partial charge is 0.448 e. The van der Waals surface area contributed by atoms with Gasteiger partial charge in [0.2, 0.25) is 5.91 Å². The van der Waals surface area contributed by atoms with E-state index in [1.807, 2.05) is 0 Å². The van der Waals surface area contributed by atoms with E-state index in [1.54, 1.807) is 24.3 Å². The van der Waals surface area contributed by atoms with Gasteiger partial charge in [0.15, 0.2) is 6.10 Å². The minimum absolute atomic E-state index is 0.103. The number of amides is 2. The summed E-state index contributed by atoms with van der Waals surface area (Å²) in [6.45, 7) is 2.82. The molecule has 0 saturated carbocycles. The van der Waals surface area contributed by atoms with Crippen molar-refractivity contribution in [3.05, 3.63) is 58.2 Å². The van der Waals surface area contributed by atoms with Crippen molar-refractivity contribution >= 4 is 62.2 Å². The van der Waals surface area contributed by atoms with E-state index in [0.29, 0.717) is 21.5 Å². The summed E-state index contributed by atoms with van der Waals surface area (Å²) in [4.78, 5) is 35.9. The first-order valence-corrected chi connectivity index (χ1v) is 9.71. The van der Waals surface area contributed by atoms with Crippen LogP contribution < -0.4 is 10.6 Å². The number of anilines is 2. The van der Waals surface area contributed by atoms with Gasteiger partial charge < -0.3 is 15.4 Å². The third-order valence-electron chi connectivity index (χ3n) is 3.90. The normalized spacial score (nSPS) is 11.7. The molecule has 1 heterocycles. The number of rotatable bonds is 5. The van der Waals surface area contributed by atoms with E-state index in [0.717, 1.165) is 11.3 Å². The van der Waals surface area contributed by atoms with Crippen LogP contribution in [0.15, 0.2) is 42.5 Å². The molecule has 0 aliphatic rings. The smallest absolute Gasteiger partial charge is 0.350 e. The van der Waals surface area contributed by atoms with E-state index >= 15 is 0 Å². The molecule has 150 valence electrons. The molecule has 0 spiro atoms. The van der Waals surface area contributed by atoms with Crippen molar-refractivity contribution < 1.29 is 23.5 Å². The Bertz CT molecular complexity index is 1100. The molecular formula is C20H16ClFN2O4S. The molecule has 0 saturated heterocycles. The first-order valence-electron chi connectivity index (χ1n) is 8.51. The predicted octanol–water partition coefficient (Wildman–Crippen LogP) is 4.84. The predicted molar refractivity (Wildman–Crippen MR) is 111 cm³/mol. The van der Waals surface area contributed by atoms with E-state index < -0.39 is 23.8 Å². The van der Waals surface area contributed by atoms with Gasteiger partial charge in [-0.25, -0.2) is 9.18 Å². The fourth-order valence-electron chi connectivity index (χ4n) is 2.52. The number of hydrogen-bond acceptors (Lipinski definition) is 5. The lowest BCUT2D eigenvalue weighted by Crippen LogP contribution is -2.29. The van der Waals surface area contributed by atoms with Crippen LogP contribution in [0.5, 0.6) is 0 Å². The minimum Gasteiger partial charge on any atom is -0.448 e. The van der Waals surface area contributed by atoms with Crippen molar-refractivity contribution in [1.82, 2.24) is 0 Å². The molecule has 1 aromatic heterocycles. The Hall–Kier alpha value is -2.97. The van der Waals surface area contributed by atoms with Crippen LogP contribution in [0.2, 0.25) is 5.02 Å². The van der Waals surface area contributed by atoms with Gasteiger partial charge in [-0.2, -0.15) is 0 Å². The summed E-state index contributed by atoms with van der Waals surface area (Å²) in [5.74, 6) is -1.94. The van der Waals surface area contributed by atoms with Gasteiger partial charge in [0.05, 0.1) is 5.02 Å². The highest BCUT2D eigenvalue weighted by Crippen LogP contribution is 2.36. The van der Waals surface area contributed by atoms with Crippen molar-refractivity contribution in [2.75, 3.05) is 10.6 Å². The Morgan fingerprint density at radius 2 is 1.69 bits per heavy atom. The van der Waals surface area contributed by atoms with Gasteiger partial charge in [-0.15, -0.1) is 11.3 Å². The molecule has 6 nitrogen and oxygen atoms in total. The van der Waals surface area contributed by atoms with Crippen LogP contribution >= 0.6 is 22.9 Å². The van der Waals surface area contributed by atoms with Crippen molar-refractivity contribution in [3.8, 4) is 0 Å². The summed E-state index contributed by atoms with van der Waals surface area (Å²) >= 11 is 7.20. The fourth-order valence-corrected chi connectivity index (χ4v) is 3.94. The van der Waals surface area contributed by atoms with Gasteiger partial charge >= 0.3 is 5.97 Å².